The highest BCUT2D eigenvalue weighted by Gasteiger charge is 2.42. The van der Waals surface area contributed by atoms with Crippen LogP contribution in [0.3, 0.4) is 0 Å². The summed E-state index contributed by atoms with van der Waals surface area (Å²) < 4.78 is 47.5. The molecule has 144 valence electrons. The van der Waals surface area contributed by atoms with Crippen LogP contribution < -0.4 is 10.1 Å². The largest absolute Gasteiger partial charge is 0.468 e. The van der Waals surface area contributed by atoms with E-state index < -0.39 is 12.8 Å². The van der Waals surface area contributed by atoms with E-state index in [9.17, 15) is 13.2 Å². The lowest BCUT2D eigenvalue weighted by Crippen LogP contribution is -2.41. The molecule has 2 aliphatic heterocycles. The van der Waals surface area contributed by atoms with Gasteiger partial charge in [-0.15, -0.1) is 0 Å². The molecule has 3 rings (SSSR count). The van der Waals surface area contributed by atoms with E-state index in [4.69, 9.17) is 9.47 Å². The molecule has 0 aliphatic carbocycles. The number of hydrogen-bond acceptors (Lipinski definition) is 4. The number of hydrogen-bond donors (Lipinski definition) is 1. The molecule has 1 N–H and O–H groups in total. The van der Waals surface area contributed by atoms with Crippen LogP contribution in [-0.4, -0.2) is 62.0 Å². The minimum Gasteiger partial charge on any atom is -0.468 e. The standard InChI is InChI=1S/C17H23F3N4O2/c1-21-15(24-7-4-16(10-24)5-8-25-11-16)23-9-13-3-2-6-22-14(13)26-12-17(18,19)20/h2-3,6H,4-5,7-12H2,1H3,(H,21,23). The van der Waals surface area contributed by atoms with E-state index in [1.54, 1.807) is 19.2 Å². The second-order valence-electron chi connectivity index (χ2n) is 6.75. The third-order valence-corrected chi connectivity index (χ3v) is 4.79. The van der Waals surface area contributed by atoms with Gasteiger partial charge in [0.25, 0.3) is 0 Å². The van der Waals surface area contributed by atoms with Crippen molar-refractivity contribution in [3.63, 3.8) is 0 Å². The minimum atomic E-state index is -4.40. The predicted octanol–water partition coefficient (Wildman–Crippen LogP) is 2.21. The van der Waals surface area contributed by atoms with Gasteiger partial charge in [0.2, 0.25) is 5.88 Å². The van der Waals surface area contributed by atoms with Crippen molar-refractivity contribution in [3.8, 4) is 5.88 Å². The Morgan fingerprint density at radius 1 is 1.46 bits per heavy atom. The number of ether oxygens (including phenoxy) is 2. The van der Waals surface area contributed by atoms with Crippen LogP contribution in [0.2, 0.25) is 0 Å². The molecule has 1 aromatic heterocycles. The summed E-state index contributed by atoms with van der Waals surface area (Å²) in [4.78, 5) is 10.4. The van der Waals surface area contributed by atoms with Gasteiger partial charge in [0.15, 0.2) is 12.6 Å². The molecule has 9 heteroatoms. The molecule has 2 aliphatic rings. The maximum absolute atomic E-state index is 12.4. The monoisotopic (exact) mass is 372 g/mol. The van der Waals surface area contributed by atoms with E-state index in [1.165, 1.54) is 6.20 Å². The molecule has 1 spiro atoms. The molecular weight excluding hydrogens is 349 g/mol. The number of nitrogens with zero attached hydrogens (tertiary/aromatic N) is 3. The Bertz CT molecular complexity index is 645. The zero-order valence-corrected chi connectivity index (χ0v) is 14.7. The average Bonchev–Trinajstić information content (AvgIpc) is 3.24. The Morgan fingerprint density at radius 2 is 2.31 bits per heavy atom. The van der Waals surface area contributed by atoms with Gasteiger partial charge in [-0.05, 0) is 18.9 Å². The third kappa shape index (κ3) is 4.57. The molecule has 0 radical (unpaired) electrons. The summed E-state index contributed by atoms with van der Waals surface area (Å²) in [7, 11) is 1.70. The average molecular weight is 372 g/mol. The number of aromatic nitrogens is 1. The molecule has 0 saturated carbocycles. The van der Waals surface area contributed by atoms with Crippen LogP contribution in [0.5, 0.6) is 5.88 Å². The van der Waals surface area contributed by atoms with E-state index >= 15 is 0 Å². The number of likely N-dealkylation sites (tertiary alicyclic amines) is 1. The molecule has 3 heterocycles. The van der Waals surface area contributed by atoms with Gasteiger partial charge in [-0.3, -0.25) is 4.99 Å². The predicted molar refractivity (Wildman–Crippen MR) is 90.0 cm³/mol. The number of nitrogens with one attached hydrogen (secondary N) is 1. The van der Waals surface area contributed by atoms with Crippen molar-refractivity contribution < 1.29 is 22.6 Å². The van der Waals surface area contributed by atoms with Gasteiger partial charge in [-0.25, -0.2) is 4.98 Å². The van der Waals surface area contributed by atoms with Crippen LogP contribution >= 0.6 is 0 Å². The van der Waals surface area contributed by atoms with E-state index in [0.29, 0.717) is 5.56 Å². The van der Waals surface area contributed by atoms with Crippen LogP contribution in [0, 0.1) is 5.41 Å². The Balaban J connectivity index is 1.59. The van der Waals surface area contributed by atoms with E-state index in [0.717, 1.165) is 45.1 Å². The van der Waals surface area contributed by atoms with Crippen LogP contribution in [0.1, 0.15) is 18.4 Å². The summed E-state index contributed by atoms with van der Waals surface area (Å²) >= 11 is 0. The molecule has 0 bridgehead atoms. The van der Waals surface area contributed by atoms with Crippen molar-refractivity contribution in [1.82, 2.24) is 15.2 Å². The van der Waals surface area contributed by atoms with Gasteiger partial charge in [0, 0.05) is 50.5 Å². The molecule has 2 fully saturated rings. The highest BCUT2D eigenvalue weighted by Crippen LogP contribution is 2.38. The van der Waals surface area contributed by atoms with E-state index in [-0.39, 0.29) is 17.8 Å². The summed E-state index contributed by atoms with van der Waals surface area (Å²) in [5.41, 5.74) is 0.753. The Kier molecular flexibility index (Phi) is 5.55. The molecule has 0 amide bonds. The fourth-order valence-corrected chi connectivity index (χ4v) is 3.43. The lowest BCUT2D eigenvalue weighted by Gasteiger charge is -2.25. The lowest BCUT2D eigenvalue weighted by molar-refractivity contribution is -0.154. The quantitative estimate of drug-likeness (QED) is 0.649. The Hall–Kier alpha value is -2.03. The number of aliphatic imine (C=N–C) groups is 1. The van der Waals surface area contributed by atoms with Gasteiger partial charge < -0.3 is 19.7 Å². The number of rotatable bonds is 4. The van der Waals surface area contributed by atoms with Gasteiger partial charge in [0.05, 0.1) is 6.61 Å². The molecular formula is C17H23F3N4O2. The van der Waals surface area contributed by atoms with Crippen LogP contribution in [-0.2, 0) is 11.3 Å². The fourth-order valence-electron chi connectivity index (χ4n) is 3.43. The van der Waals surface area contributed by atoms with Crippen LogP contribution in [0.15, 0.2) is 23.3 Å². The van der Waals surface area contributed by atoms with Crippen molar-refractivity contribution in [2.45, 2.75) is 25.6 Å². The number of halogens is 3. The smallest absolute Gasteiger partial charge is 0.422 e. The maximum Gasteiger partial charge on any atom is 0.422 e. The summed E-state index contributed by atoms with van der Waals surface area (Å²) in [6.07, 6.45) is -0.876. The zero-order valence-electron chi connectivity index (χ0n) is 14.7. The highest BCUT2D eigenvalue weighted by molar-refractivity contribution is 5.80. The first-order valence-corrected chi connectivity index (χ1v) is 8.58. The normalized spacial score (nSPS) is 23.7. The Morgan fingerprint density at radius 3 is 3.00 bits per heavy atom. The first kappa shape index (κ1) is 18.8. The topological polar surface area (TPSA) is 59.0 Å². The zero-order chi connectivity index (χ0) is 18.6. The first-order valence-electron chi connectivity index (χ1n) is 8.58. The second-order valence-corrected chi connectivity index (χ2v) is 6.75. The van der Waals surface area contributed by atoms with Crippen molar-refractivity contribution in [2.24, 2.45) is 10.4 Å². The molecule has 2 saturated heterocycles. The van der Waals surface area contributed by atoms with Gasteiger partial charge in [-0.2, -0.15) is 13.2 Å². The Labute approximate surface area is 150 Å². The summed E-state index contributed by atoms with van der Waals surface area (Å²) in [6.45, 7) is 2.26. The van der Waals surface area contributed by atoms with Crippen molar-refractivity contribution in [3.05, 3.63) is 23.9 Å². The van der Waals surface area contributed by atoms with Crippen molar-refractivity contribution >= 4 is 5.96 Å². The molecule has 26 heavy (non-hydrogen) atoms. The summed E-state index contributed by atoms with van der Waals surface area (Å²) in [5, 5.41) is 3.21. The summed E-state index contributed by atoms with van der Waals surface area (Å²) in [6, 6.07) is 3.36. The van der Waals surface area contributed by atoms with E-state index in [1.807, 2.05) is 0 Å². The highest BCUT2D eigenvalue weighted by atomic mass is 19.4. The molecule has 1 aromatic rings. The maximum atomic E-state index is 12.4. The van der Waals surface area contributed by atoms with Crippen molar-refractivity contribution in [2.75, 3.05) is 40.0 Å². The number of guanidine groups is 1. The van der Waals surface area contributed by atoms with Gasteiger partial charge >= 0.3 is 6.18 Å². The molecule has 1 unspecified atom stereocenters. The second kappa shape index (κ2) is 7.69. The van der Waals surface area contributed by atoms with Gasteiger partial charge in [-0.1, -0.05) is 6.07 Å². The SMILES string of the molecule is CN=C(NCc1cccnc1OCC(F)(F)F)N1CCC2(CCOC2)C1. The summed E-state index contributed by atoms with van der Waals surface area (Å²) in [5.74, 6) is 0.703. The minimum absolute atomic E-state index is 0.0186. The van der Waals surface area contributed by atoms with Gasteiger partial charge in [0.1, 0.15) is 0 Å². The van der Waals surface area contributed by atoms with Crippen molar-refractivity contribution in [1.29, 1.82) is 0 Å². The number of alkyl halides is 3. The van der Waals surface area contributed by atoms with E-state index in [2.05, 4.69) is 20.2 Å². The first-order chi connectivity index (χ1) is 12.4. The fraction of sp³-hybridized carbons (Fsp3) is 0.647. The number of pyridine rings is 1. The van der Waals surface area contributed by atoms with Crippen LogP contribution in [0.25, 0.3) is 0 Å². The molecule has 1 atom stereocenters. The lowest BCUT2D eigenvalue weighted by atomic mass is 9.87. The molecule has 0 aromatic carbocycles. The van der Waals surface area contributed by atoms with Crippen LogP contribution in [0.4, 0.5) is 13.2 Å². The third-order valence-electron chi connectivity index (χ3n) is 4.79. The molecule has 6 nitrogen and oxygen atoms in total.